The number of aliphatic hydroxyl groups is 1. The minimum absolute atomic E-state index is 0.442. The van der Waals surface area contributed by atoms with Crippen LogP contribution in [0.5, 0.6) is 0 Å². The molecule has 6 nitrogen and oxygen atoms in total. The van der Waals surface area contributed by atoms with E-state index < -0.39 is 33.9 Å². The molecule has 0 amide bonds. The molecule has 0 aromatic heterocycles. The van der Waals surface area contributed by atoms with E-state index in [1.54, 1.807) is 0 Å². The second kappa shape index (κ2) is 5.60. The van der Waals surface area contributed by atoms with E-state index in [1.807, 2.05) is 0 Å². The molecule has 1 aliphatic rings. The molecule has 0 aromatic carbocycles. The van der Waals surface area contributed by atoms with Crippen LogP contribution in [-0.4, -0.2) is 42.5 Å². The number of nitrogens with one attached hydrogen (secondary N) is 1. The van der Waals surface area contributed by atoms with Crippen LogP contribution in [0.1, 0.15) is 32.1 Å². The fourth-order valence-corrected chi connectivity index (χ4v) is 3.36. The van der Waals surface area contributed by atoms with Crippen LogP contribution in [0.3, 0.4) is 0 Å². The normalized spacial score (nSPS) is 20.6. The van der Waals surface area contributed by atoms with Crippen molar-refractivity contribution in [2.24, 2.45) is 0 Å². The first-order valence-corrected chi connectivity index (χ1v) is 6.87. The highest BCUT2D eigenvalue weighted by Gasteiger charge is 2.28. The van der Waals surface area contributed by atoms with Gasteiger partial charge in [-0.2, -0.15) is 0 Å². The quantitative estimate of drug-likeness (QED) is 0.621. The van der Waals surface area contributed by atoms with Gasteiger partial charge in [0.05, 0.1) is 5.25 Å². The van der Waals surface area contributed by atoms with Gasteiger partial charge < -0.3 is 10.2 Å². The zero-order valence-electron chi connectivity index (χ0n) is 8.92. The Hall–Kier alpha value is -0.660. The maximum Gasteiger partial charge on any atom is 0.333 e. The third-order valence-corrected chi connectivity index (χ3v) is 4.67. The first-order chi connectivity index (χ1) is 7.43. The Morgan fingerprint density at radius 3 is 2.38 bits per heavy atom. The van der Waals surface area contributed by atoms with Gasteiger partial charge in [0.25, 0.3) is 0 Å². The molecule has 0 aromatic rings. The van der Waals surface area contributed by atoms with Crippen LogP contribution < -0.4 is 4.72 Å². The first kappa shape index (κ1) is 13.4. The molecule has 0 aliphatic heterocycles. The predicted molar refractivity (Wildman–Crippen MR) is 57.4 cm³/mol. The van der Waals surface area contributed by atoms with Crippen LogP contribution in [0.2, 0.25) is 0 Å². The number of sulfonamides is 1. The van der Waals surface area contributed by atoms with E-state index in [9.17, 15) is 13.2 Å². The molecule has 16 heavy (non-hydrogen) atoms. The number of carbonyl (C=O) groups is 1. The second-order valence-corrected chi connectivity index (χ2v) is 6.05. The van der Waals surface area contributed by atoms with Crippen LogP contribution in [0.25, 0.3) is 0 Å². The molecule has 1 rings (SSSR count). The van der Waals surface area contributed by atoms with Crippen molar-refractivity contribution < 1.29 is 23.4 Å². The fraction of sp³-hybridized carbons (Fsp3) is 0.889. The summed E-state index contributed by atoms with van der Waals surface area (Å²) in [4.78, 5) is 10.3. The summed E-state index contributed by atoms with van der Waals surface area (Å²) in [6.45, 7) is -0.464. The first-order valence-electron chi connectivity index (χ1n) is 5.33. The summed E-state index contributed by atoms with van der Waals surface area (Å²) in [6.07, 6.45) is 2.35. The highest BCUT2D eigenvalue weighted by molar-refractivity contribution is 7.90. The van der Waals surface area contributed by atoms with Crippen LogP contribution in [-0.2, 0) is 14.8 Å². The van der Waals surface area contributed by atoms with E-state index in [1.165, 1.54) is 0 Å². The molecule has 1 aliphatic carbocycles. The van der Waals surface area contributed by atoms with Crippen LogP contribution in [0, 0.1) is 0 Å². The van der Waals surface area contributed by atoms with Gasteiger partial charge in [0.1, 0.15) is 0 Å². The fourth-order valence-electron chi connectivity index (χ4n) is 1.78. The van der Waals surface area contributed by atoms with Crippen molar-refractivity contribution in [3.8, 4) is 0 Å². The average Bonchev–Trinajstić information content (AvgIpc) is 2.27. The van der Waals surface area contributed by atoms with Gasteiger partial charge in [-0.05, 0) is 12.8 Å². The van der Waals surface area contributed by atoms with Crippen molar-refractivity contribution in [3.05, 3.63) is 0 Å². The van der Waals surface area contributed by atoms with Crippen LogP contribution in [0.15, 0.2) is 0 Å². The van der Waals surface area contributed by atoms with Gasteiger partial charge >= 0.3 is 5.97 Å². The lowest BCUT2D eigenvalue weighted by atomic mass is 10.0. The Kier molecular flexibility index (Phi) is 4.69. The van der Waals surface area contributed by atoms with Crippen LogP contribution in [0.4, 0.5) is 0 Å². The Morgan fingerprint density at radius 1 is 1.31 bits per heavy atom. The van der Waals surface area contributed by atoms with Gasteiger partial charge in [-0.25, -0.2) is 17.9 Å². The number of carboxylic acid groups (broad SMARTS) is 1. The Morgan fingerprint density at radius 2 is 1.88 bits per heavy atom. The van der Waals surface area contributed by atoms with E-state index in [0.29, 0.717) is 12.8 Å². The van der Waals surface area contributed by atoms with Gasteiger partial charge in [0.15, 0.2) is 6.10 Å². The predicted octanol–water partition coefficient (Wildman–Crippen LogP) is -0.316. The average molecular weight is 251 g/mol. The molecule has 3 N–H and O–H groups in total. The van der Waals surface area contributed by atoms with Crippen molar-refractivity contribution in [1.82, 2.24) is 4.72 Å². The standard InChI is InChI=1S/C9H17NO5S/c11-8(9(12)13)6-10-16(14,15)7-4-2-1-3-5-7/h7-8,10-11H,1-6H2,(H,12,13). The maximum absolute atomic E-state index is 11.7. The van der Waals surface area contributed by atoms with E-state index in [0.717, 1.165) is 19.3 Å². The molecule has 0 saturated heterocycles. The van der Waals surface area contributed by atoms with Crippen molar-refractivity contribution in [1.29, 1.82) is 0 Å². The third kappa shape index (κ3) is 3.73. The lowest BCUT2D eigenvalue weighted by molar-refractivity contribution is -0.146. The van der Waals surface area contributed by atoms with Crippen molar-refractivity contribution in [2.75, 3.05) is 6.54 Å². The Balaban J connectivity index is 2.47. The maximum atomic E-state index is 11.7. The van der Waals surface area contributed by atoms with E-state index >= 15 is 0 Å². The lowest BCUT2D eigenvalue weighted by Crippen LogP contribution is -2.41. The molecule has 0 radical (unpaired) electrons. The minimum Gasteiger partial charge on any atom is -0.479 e. The van der Waals surface area contributed by atoms with Gasteiger partial charge in [-0.15, -0.1) is 0 Å². The number of hydrogen-bond acceptors (Lipinski definition) is 4. The summed E-state index contributed by atoms with van der Waals surface area (Å²) in [6, 6.07) is 0. The van der Waals surface area contributed by atoms with E-state index in [-0.39, 0.29) is 0 Å². The smallest absolute Gasteiger partial charge is 0.333 e. The zero-order chi connectivity index (χ0) is 12.2. The monoisotopic (exact) mass is 251 g/mol. The molecular weight excluding hydrogens is 234 g/mol. The van der Waals surface area contributed by atoms with Crippen molar-refractivity contribution in [2.45, 2.75) is 43.5 Å². The van der Waals surface area contributed by atoms with E-state index in [4.69, 9.17) is 10.2 Å². The van der Waals surface area contributed by atoms with Gasteiger partial charge in [-0.3, -0.25) is 0 Å². The summed E-state index contributed by atoms with van der Waals surface area (Å²) in [7, 11) is -3.49. The summed E-state index contributed by atoms with van der Waals surface area (Å²) in [5.74, 6) is -1.42. The molecule has 1 fully saturated rings. The number of aliphatic carboxylic acids is 1. The number of rotatable bonds is 5. The van der Waals surface area contributed by atoms with Crippen molar-refractivity contribution in [3.63, 3.8) is 0 Å². The topological polar surface area (TPSA) is 104 Å². The van der Waals surface area contributed by atoms with Crippen molar-refractivity contribution >= 4 is 16.0 Å². The van der Waals surface area contributed by atoms with Gasteiger partial charge in [0, 0.05) is 6.54 Å². The second-order valence-electron chi connectivity index (χ2n) is 4.01. The minimum atomic E-state index is -3.49. The molecule has 0 bridgehead atoms. The van der Waals surface area contributed by atoms with Gasteiger partial charge in [0.2, 0.25) is 10.0 Å². The Labute approximate surface area is 94.7 Å². The number of hydrogen-bond donors (Lipinski definition) is 3. The molecule has 0 spiro atoms. The summed E-state index contributed by atoms with van der Waals surface area (Å²) in [5.41, 5.74) is 0. The molecule has 1 unspecified atom stereocenters. The summed E-state index contributed by atoms with van der Waals surface area (Å²) < 4.78 is 25.5. The molecule has 94 valence electrons. The number of aliphatic hydroxyl groups excluding tert-OH is 1. The zero-order valence-corrected chi connectivity index (χ0v) is 9.74. The molecule has 7 heteroatoms. The highest BCUT2D eigenvalue weighted by Crippen LogP contribution is 2.22. The van der Waals surface area contributed by atoms with E-state index in [2.05, 4.69) is 4.72 Å². The summed E-state index contributed by atoms with van der Waals surface area (Å²) >= 11 is 0. The Bertz CT molecular complexity index is 334. The molecular formula is C9H17NO5S. The molecule has 0 heterocycles. The summed E-state index contributed by atoms with van der Waals surface area (Å²) in [5, 5.41) is 16.9. The SMILES string of the molecule is O=C(O)C(O)CNS(=O)(=O)C1CCCCC1. The van der Waals surface area contributed by atoms with Crippen LogP contribution >= 0.6 is 0 Å². The molecule has 1 atom stereocenters. The number of carboxylic acids is 1. The lowest BCUT2D eigenvalue weighted by Gasteiger charge is -2.22. The third-order valence-electron chi connectivity index (χ3n) is 2.75. The van der Waals surface area contributed by atoms with Gasteiger partial charge in [-0.1, -0.05) is 19.3 Å². The highest BCUT2D eigenvalue weighted by atomic mass is 32.2. The molecule has 1 saturated carbocycles. The largest absolute Gasteiger partial charge is 0.479 e.